The Morgan fingerprint density at radius 3 is 2.85 bits per heavy atom. The highest BCUT2D eigenvalue weighted by Gasteiger charge is 2.36. The molecule has 2 heterocycles. The molecule has 2 aliphatic rings. The van der Waals surface area contributed by atoms with Crippen molar-refractivity contribution >= 4 is 11.8 Å². The molecule has 2 N–H and O–H groups in total. The second kappa shape index (κ2) is 7.59. The molecule has 7 nitrogen and oxygen atoms in total. The van der Waals surface area contributed by atoms with E-state index in [2.05, 4.69) is 15.5 Å². The quantitative estimate of drug-likeness (QED) is 0.849. The van der Waals surface area contributed by atoms with Gasteiger partial charge in [-0.3, -0.25) is 4.79 Å². The van der Waals surface area contributed by atoms with Crippen molar-refractivity contribution in [3.05, 3.63) is 22.1 Å². The highest BCUT2D eigenvalue weighted by molar-refractivity contribution is 5.68. The topological polar surface area (TPSA) is 87.3 Å². The molecule has 9 heteroatoms. The summed E-state index contributed by atoms with van der Waals surface area (Å²) in [6.07, 6.45) is 2.10. The van der Waals surface area contributed by atoms with Crippen LogP contribution >= 0.6 is 0 Å². The predicted molar refractivity (Wildman–Crippen MR) is 91.7 cm³/mol. The average molecular weight is 370 g/mol. The van der Waals surface area contributed by atoms with Gasteiger partial charge in [-0.1, -0.05) is 6.92 Å². The Kier molecular flexibility index (Phi) is 5.43. The number of aromatic amines is 1. The predicted octanol–water partition coefficient (Wildman–Crippen LogP) is 2.22. The van der Waals surface area contributed by atoms with Gasteiger partial charge >= 0.3 is 6.09 Å². The lowest BCUT2D eigenvalue weighted by Crippen LogP contribution is -2.42. The molecule has 0 bridgehead atoms. The maximum atomic E-state index is 13.2. The molecule has 144 valence electrons. The monoisotopic (exact) mass is 370 g/mol. The highest BCUT2D eigenvalue weighted by atomic mass is 19.3. The summed E-state index contributed by atoms with van der Waals surface area (Å²) in [5.41, 5.74) is 1.21. The molecule has 1 amide bonds. The van der Waals surface area contributed by atoms with Crippen LogP contribution in [0, 0.1) is 0 Å². The number of nitrogens with zero attached hydrogens (tertiary/aromatic N) is 2. The number of nitrogens with one attached hydrogen (secondary N) is 2. The summed E-state index contributed by atoms with van der Waals surface area (Å²) >= 11 is 0. The van der Waals surface area contributed by atoms with Gasteiger partial charge in [0.25, 0.3) is 5.56 Å². The molecule has 1 aliphatic carbocycles. The zero-order valence-electron chi connectivity index (χ0n) is 14.8. The molecule has 1 atom stereocenters. The van der Waals surface area contributed by atoms with Crippen LogP contribution < -0.4 is 15.8 Å². The number of H-pyrrole nitrogens is 1. The first-order valence-electron chi connectivity index (χ1n) is 9.04. The number of hydrogen-bond donors (Lipinski definition) is 2. The maximum absolute atomic E-state index is 13.2. The summed E-state index contributed by atoms with van der Waals surface area (Å²) in [5, 5.41) is 8.97. The fourth-order valence-electron chi connectivity index (χ4n) is 3.61. The van der Waals surface area contributed by atoms with Crippen molar-refractivity contribution < 1.29 is 18.3 Å². The van der Waals surface area contributed by atoms with Crippen molar-refractivity contribution in [2.75, 3.05) is 18.0 Å². The number of rotatable bonds is 4. The minimum atomic E-state index is -2.62. The minimum Gasteiger partial charge on any atom is -0.444 e. The smallest absolute Gasteiger partial charge is 0.407 e. The van der Waals surface area contributed by atoms with E-state index in [1.807, 2.05) is 11.8 Å². The number of halogens is 2. The van der Waals surface area contributed by atoms with Crippen molar-refractivity contribution in [3.8, 4) is 0 Å². The normalized spacial score (nSPS) is 23.0. The fraction of sp³-hybridized carbons (Fsp3) is 0.706. The molecular formula is C17H24F2N4O3. The Balaban J connectivity index is 1.51. The third kappa shape index (κ3) is 4.31. The van der Waals surface area contributed by atoms with Crippen LogP contribution in [0.25, 0.3) is 0 Å². The van der Waals surface area contributed by atoms with E-state index in [1.54, 1.807) is 6.20 Å². The van der Waals surface area contributed by atoms with E-state index in [9.17, 15) is 18.4 Å². The van der Waals surface area contributed by atoms with Crippen LogP contribution in [0.3, 0.4) is 0 Å². The molecule has 1 saturated carbocycles. The van der Waals surface area contributed by atoms with E-state index in [4.69, 9.17) is 4.74 Å². The molecular weight excluding hydrogens is 346 g/mol. The van der Waals surface area contributed by atoms with Gasteiger partial charge in [0.15, 0.2) is 0 Å². The van der Waals surface area contributed by atoms with Crippen LogP contribution in [-0.4, -0.2) is 47.4 Å². The van der Waals surface area contributed by atoms with Gasteiger partial charge in [0, 0.05) is 37.4 Å². The van der Waals surface area contributed by atoms with Crippen molar-refractivity contribution in [1.29, 1.82) is 0 Å². The van der Waals surface area contributed by atoms with Crippen LogP contribution in [0.15, 0.2) is 11.0 Å². The summed E-state index contributed by atoms with van der Waals surface area (Å²) in [6.45, 7) is 3.04. The molecule has 0 aromatic carbocycles. The minimum absolute atomic E-state index is 0.204. The summed E-state index contributed by atoms with van der Waals surface area (Å²) in [7, 11) is 0. The molecule has 1 aliphatic heterocycles. The lowest BCUT2D eigenvalue weighted by atomic mass is 9.92. The van der Waals surface area contributed by atoms with Crippen LogP contribution in [-0.2, 0) is 11.2 Å². The molecule has 1 saturated heterocycles. The summed E-state index contributed by atoms with van der Waals surface area (Å²) in [5.74, 6) is -2.62. The van der Waals surface area contributed by atoms with E-state index >= 15 is 0 Å². The molecule has 3 rings (SSSR count). The van der Waals surface area contributed by atoms with Gasteiger partial charge in [-0.15, -0.1) is 0 Å². The number of hydrogen-bond acceptors (Lipinski definition) is 5. The van der Waals surface area contributed by atoms with E-state index < -0.39 is 12.0 Å². The van der Waals surface area contributed by atoms with Gasteiger partial charge in [-0.2, -0.15) is 5.10 Å². The van der Waals surface area contributed by atoms with Gasteiger partial charge in [0.2, 0.25) is 5.92 Å². The van der Waals surface area contributed by atoms with Crippen molar-refractivity contribution in [3.63, 3.8) is 0 Å². The third-order valence-corrected chi connectivity index (χ3v) is 5.09. The van der Waals surface area contributed by atoms with Gasteiger partial charge < -0.3 is 15.0 Å². The summed E-state index contributed by atoms with van der Waals surface area (Å²) in [4.78, 5) is 25.9. The summed E-state index contributed by atoms with van der Waals surface area (Å²) in [6, 6.07) is -0.261. The zero-order valence-corrected chi connectivity index (χ0v) is 14.8. The Morgan fingerprint density at radius 2 is 2.15 bits per heavy atom. The first kappa shape index (κ1) is 18.6. The maximum Gasteiger partial charge on any atom is 0.407 e. The number of carbonyl (C=O) groups excluding carboxylic acids is 1. The Labute approximate surface area is 150 Å². The number of carbonyl (C=O) groups is 1. The zero-order chi connectivity index (χ0) is 18.7. The highest BCUT2D eigenvalue weighted by Crippen LogP contribution is 2.33. The van der Waals surface area contributed by atoms with Gasteiger partial charge in [0.1, 0.15) is 6.10 Å². The molecule has 2 fully saturated rings. The largest absolute Gasteiger partial charge is 0.444 e. The van der Waals surface area contributed by atoms with E-state index in [1.165, 1.54) is 0 Å². The van der Waals surface area contributed by atoms with Crippen molar-refractivity contribution in [2.45, 2.75) is 63.5 Å². The van der Waals surface area contributed by atoms with Gasteiger partial charge in [-0.05, 0) is 19.3 Å². The first-order chi connectivity index (χ1) is 12.4. The fourth-order valence-corrected chi connectivity index (χ4v) is 3.61. The first-order valence-corrected chi connectivity index (χ1v) is 9.04. The average Bonchev–Trinajstić information content (AvgIpc) is 3.04. The molecule has 26 heavy (non-hydrogen) atoms. The summed E-state index contributed by atoms with van der Waals surface area (Å²) < 4.78 is 31.8. The molecule has 1 aromatic rings. The number of alkyl carbamates (subject to hydrolysis) is 1. The Morgan fingerprint density at radius 1 is 1.42 bits per heavy atom. The molecule has 0 spiro atoms. The lowest BCUT2D eigenvalue weighted by molar-refractivity contribution is -0.0406. The van der Waals surface area contributed by atoms with Crippen LogP contribution in [0.5, 0.6) is 0 Å². The van der Waals surface area contributed by atoms with Crippen molar-refractivity contribution in [2.24, 2.45) is 0 Å². The standard InChI is InChI=1S/C17H24F2N4O3/c1-2-13-14(9-20-22-15(13)24)23-8-5-12(10-23)26-16(25)21-11-3-6-17(18,19)7-4-11/h9,11-12H,2-8,10H2,1H3,(H,21,25)(H,22,24)/t12-/m1/s1. The Hall–Kier alpha value is -2.19. The number of anilines is 1. The van der Waals surface area contributed by atoms with Crippen LogP contribution in [0.2, 0.25) is 0 Å². The number of amides is 1. The number of aromatic nitrogens is 2. The van der Waals surface area contributed by atoms with E-state index in [0.717, 1.165) is 5.69 Å². The van der Waals surface area contributed by atoms with E-state index in [-0.39, 0.29) is 43.4 Å². The third-order valence-electron chi connectivity index (χ3n) is 5.09. The van der Waals surface area contributed by atoms with Gasteiger partial charge in [-0.25, -0.2) is 18.7 Å². The second-order valence-electron chi connectivity index (χ2n) is 6.95. The lowest BCUT2D eigenvalue weighted by Gasteiger charge is -2.28. The van der Waals surface area contributed by atoms with Crippen LogP contribution in [0.4, 0.5) is 19.3 Å². The Bertz CT molecular complexity index is 699. The van der Waals surface area contributed by atoms with Crippen molar-refractivity contribution in [1.82, 2.24) is 15.5 Å². The molecule has 0 unspecified atom stereocenters. The number of alkyl halides is 2. The van der Waals surface area contributed by atoms with E-state index in [0.29, 0.717) is 31.5 Å². The molecule has 1 aromatic heterocycles. The van der Waals surface area contributed by atoms with Crippen LogP contribution in [0.1, 0.15) is 44.6 Å². The van der Waals surface area contributed by atoms with Gasteiger partial charge in [0.05, 0.1) is 18.4 Å². The SMILES string of the molecule is CCc1c(N2CC[C@@H](OC(=O)NC3CCC(F)(F)CC3)C2)cn[nH]c1=O. The second-order valence-corrected chi connectivity index (χ2v) is 6.95. The molecule has 0 radical (unpaired) electrons. The number of ether oxygens (including phenoxy) is 1.